The summed E-state index contributed by atoms with van der Waals surface area (Å²) in [5.41, 5.74) is 8.76. The van der Waals surface area contributed by atoms with Crippen LogP contribution in [-0.2, 0) is 0 Å². The Morgan fingerprint density at radius 2 is 1.05 bits per heavy atom. The summed E-state index contributed by atoms with van der Waals surface area (Å²) in [6, 6.07) is 9.40. The van der Waals surface area contributed by atoms with Crippen LogP contribution in [0, 0.1) is 0 Å². The number of rotatable bonds is 9. The fraction of sp³-hybridized carbons (Fsp3) is 0.657. The average molecular weight is 573 g/mol. The second-order valence-corrected chi connectivity index (χ2v) is 15.4. The van der Waals surface area contributed by atoms with Gasteiger partial charge in [0.2, 0.25) is 0 Å². The van der Waals surface area contributed by atoms with E-state index in [2.05, 4.69) is 65.8 Å². The molecule has 0 heterocycles. The molecule has 0 amide bonds. The van der Waals surface area contributed by atoms with Gasteiger partial charge in [0.05, 0.1) is 14.2 Å². The highest BCUT2D eigenvalue weighted by Crippen LogP contribution is 2.59. The summed E-state index contributed by atoms with van der Waals surface area (Å²) in [6.45, 7) is 14.1. The smallest absolute Gasteiger partial charge is 0.127 e. The molecule has 2 fully saturated rings. The molecule has 0 aromatic heterocycles. The Labute approximate surface area is 247 Å². The van der Waals surface area contributed by atoms with E-state index in [0.29, 0.717) is 17.8 Å². The van der Waals surface area contributed by atoms with Gasteiger partial charge in [-0.15, -0.1) is 12.4 Å². The minimum Gasteiger partial charge on any atom is -0.496 e. The lowest BCUT2D eigenvalue weighted by Crippen LogP contribution is -2.28. The molecule has 2 aliphatic carbocycles. The molecule has 0 N–H and O–H groups in total. The summed E-state index contributed by atoms with van der Waals surface area (Å²) >= 11 is 0. The van der Waals surface area contributed by atoms with Gasteiger partial charge in [0.25, 0.3) is 0 Å². The summed E-state index contributed by atoms with van der Waals surface area (Å²) in [7, 11) is 3.38. The molecule has 39 heavy (non-hydrogen) atoms. The Balaban J connectivity index is 0.00000420. The monoisotopic (exact) mass is 572 g/mol. The van der Waals surface area contributed by atoms with Crippen molar-refractivity contribution in [1.82, 2.24) is 0 Å². The lowest BCUT2D eigenvalue weighted by Gasteiger charge is -2.41. The third kappa shape index (κ3) is 6.98. The van der Waals surface area contributed by atoms with E-state index < -0.39 is 0 Å². The van der Waals surface area contributed by atoms with E-state index in [1.807, 2.05) is 14.2 Å². The van der Waals surface area contributed by atoms with Crippen LogP contribution in [-0.4, -0.2) is 25.5 Å². The zero-order chi connectivity index (χ0) is 27.4. The van der Waals surface area contributed by atoms with Gasteiger partial charge in [0.15, 0.2) is 0 Å². The molecule has 2 nitrogen and oxygen atoms in total. The van der Waals surface area contributed by atoms with Gasteiger partial charge in [-0.05, 0) is 89.1 Å². The molecule has 0 aliphatic heterocycles. The van der Waals surface area contributed by atoms with Crippen molar-refractivity contribution in [2.24, 2.45) is 0 Å². The molecule has 0 bridgehead atoms. The van der Waals surface area contributed by atoms with Gasteiger partial charge in [-0.25, -0.2) is 0 Å². The van der Waals surface area contributed by atoms with Gasteiger partial charge in [0.1, 0.15) is 11.5 Å². The van der Waals surface area contributed by atoms with Gasteiger partial charge in [-0.3, -0.25) is 0 Å². The van der Waals surface area contributed by atoms with Crippen molar-refractivity contribution in [1.29, 1.82) is 0 Å². The molecule has 2 saturated carbocycles. The Bertz CT molecular complexity index is 1020. The third-order valence-corrected chi connectivity index (χ3v) is 12.7. The fourth-order valence-corrected chi connectivity index (χ4v) is 11.1. The molecule has 4 rings (SSSR count). The van der Waals surface area contributed by atoms with E-state index >= 15 is 0 Å². The van der Waals surface area contributed by atoms with Crippen LogP contribution in [0.25, 0.3) is 11.1 Å². The van der Waals surface area contributed by atoms with Crippen LogP contribution < -0.4 is 14.8 Å². The SMILES string of the molecule is COc1ccc(OC)c(P(C2CCCCC2)C2CCCCC2)c1-c1c(C(C)C)cc(C(C)C)cc1C(C)C.Cl. The van der Waals surface area contributed by atoms with E-state index in [1.165, 1.54) is 97.3 Å². The first kappa shape index (κ1) is 32.3. The van der Waals surface area contributed by atoms with Gasteiger partial charge >= 0.3 is 0 Å². The van der Waals surface area contributed by atoms with E-state index in [9.17, 15) is 0 Å². The zero-order valence-electron chi connectivity index (χ0n) is 25.9. The molecule has 0 saturated heterocycles. The zero-order valence-corrected chi connectivity index (χ0v) is 27.7. The molecule has 218 valence electrons. The fourth-order valence-electron chi connectivity index (χ4n) is 7.01. The number of methoxy groups -OCH3 is 2. The van der Waals surface area contributed by atoms with Crippen LogP contribution in [0.1, 0.15) is 140 Å². The summed E-state index contributed by atoms with van der Waals surface area (Å²) in [5.74, 6) is 3.50. The van der Waals surface area contributed by atoms with Crippen LogP contribution in [0.4, 0.5) is 0 Å². The maximum Gasteiger partial charge on any atom is 0.127 e. The first-order valence-corrected chi connectivity index (χ1v) is 17.0. The maximum absolute atomic E-state index is 6.29. The first-order valence-electron chi connectivity index (χ1n) is 15.5. The van der Waals surface area contributed by atoms with Crippen molar-refractivity contribution < 1.29 is 9.47 Å². The molecule has 2 aromatic carbocycles. The van der Waals surface area contributed by atoms with Crippen LogP contribution >= 0.6 is 20.3 Å². The predicted molar refractivity (Wildman–Crippen MR) is 175 cm³/mol. The molecular weight excluding hydrogens is 519 g/mol. The normalized spacial score (nSPS) is 17.2. The van der Waals surface area contributed by atoms with Gasteiger partial charge < -0.3 is 9.47 Å². The van der Waals surface area contributed by atoms with Crippen molar-refractivity contribution in [3.8, 4) is 22.6 Å². The summed E-state index contributed by atoms with van der Waals surface area (Å²) in [4.78, 5) is 0. The molecule has 0 spiro atoms. The van der Waals surface area contributed by atoms with Gasteiger partial charge in [0, 0.05) is 10.9 Å². The van der Waals surface area contributed by atoms with Crippen molar-refractivity contribution in [3.05, 3.63) is 41.0 Å². The maximum atomic E-state index is 6.29. The van der Waals surface area contributed by atoms with Crippen LogP contribution in [0.15, 0.2) is 24.3 Å². The Kier molecular flexibility index (Phi) is 12.1. The molecule has 0 radical (unpaired) electrons. The van der Waals surface area contributed by atoms with Crippen molar-refractivity contribution in [2.75, 3.05) is 14.2 Å². The Morgan fingerprint density at radius 1 is 0.615 bits per heavy atom. The first-order chi connectivity index (χ1) is 18.3. The summed E-state index contributed by atoms with van der Waals surface area (Å²) < 4.78 is 12.6. The number of halogens is 1. The number of hydrogen-bond donors (Lipinski definition) is 0. The lowest BCUT2D eigenvalue weighted by atomic mass is 9.81. The van der Waals surface area contributed by atoms with E-state index in [0.717, 1.165) is 22.8 Å². The Hall–Kier alpha value is -1.24. The highest BCUT2D eigenvalue weighted by Gasteiger charge is 2.38. The van der Waals surface area contributed by atoms with Gasteiger partial charge in [-0.2, -0.15) is 0 Å². The van der Waals surface area contributed by atoms with Crippen LogP contribution in [0.3, 0.4) is 0 Å². The van der Waals surface area contributed by atoms with E-state index in [1.54, 1.807) is 0 Å². The molecule has 0 atom stereocenters. The minimum atomic E-state index is -0.373. The van der Waals surface area contributed by atoms with E-state index in [4.69, 9.17) is 9.47 Å². The van der Waals surface area contributed by atoms with E-state index in [-0.39, 0.29) is 20.3 Å². The number of benzene rings is 2. The number of hydrogen-bond acceptors (Lipinski definition) is 2. The quantitative estimate of drug-likeness (QED) is 0.278. The van der Waals surface area contributed by atoms with Gasteiger partial charge in [-0.1, -0.05) is 100 Å². The van der Waals surface area contributed by atoms with Crippen molar-refractivity contribution in [2.45, 2.75) is 135 Å². The molecule has 4 heteroatoms. The standard InChI is InChI=1S/C35H53O2P.ClH/c1-23(2)26-21-29(24(3)4)33(30(22-26)25(5)6)34-31(36-7)19-20-32(37-8)35(34)38(27-15-11-9-12-16-27)28-17-13-10-14-18-28;/h19-25,27-28H,9-18H2,1-8H3;1H. The highest BCUT2D eigenvalue weighted by molar-refractivity contribution is 7.67. The largest absolute Gasteiger partial charge is 0.496 e. The summed E-state index contributed by atoms with van der Waals surface area (Å²) in [6.07, 6.45) is 13.8. The molecule has 2 aromatic rings. The minimum absolute atomic E-state index is 0. The highest BCUT2D eigenvalue weighted by atomic mass is 35.5. The second kappa shape index (κ2) is 14.6. The molecular formula is C35H54ClO2P. The molecule has 0 unspecified atom stereocenters. The lowest BCUT2D eigenvalue weighted by molar-refractivity contribution is 0.406. The topological polar surface area (TPSA) is 18.5 Å². The third-order valence-electron chi connectivity index (χ3n) is 9.12. The van der Waals surface area contributed by atoms with Crippen molar-refractivity contribution in [3.63, 3.8) is 0 Å². The van der Waals surface area contributed by atoms with Crippen LogP contribution in [0.5, 0.6) is 11.5 Å². The Morgan fingerprint density at radius 3 is 1.44 bits per heavy atom. The van der Waals surface area contributed by atoms with Crippen LogP contribution in [0.2, 0.25) is 0 Å². The second-order valence-electron chi connectivity index (χ2n) is 12.7. The number of ether oxygens (including phenoxy) is 2. The average Bonchev–Trinajstić information content (AvgIpc) is 2.93. The van der Waals surface area contributed by atoms with Crippen molar-refractivity contribution >= 4 is 25.6 Å². The predicted octanol–water partition coefficient (Wildman–Crippen LogP) is 10.9. The summed E-state index contributed by atoms with van der Waals surface area (Å²) in [5, 5.41) is 1.52. The molecule has 2 aliphatic rings.